The molecule has 8 aromatic carbocycles. The van der Waals surface area contributed by atoms with E-state index in [0.717, 1.165) is 50.9 Å². The molecule has 0 aliphatic heterocycles. The molecule has 1 aliphatic rings. The molecule has 0 spiro atoms. The average molecular weight is 718 g/mol. The van der Waals surface area contributed by atoms with Crippen molar-refractivity contribution in [2.24, 2.45) is 0 Å². The van der Waals surface area contributed by atoms with Crippen LogP contribution in [-0.2, 0) is 6.42 Å². The molecule has 0 N–H and O–H groups in total. The summed E-state index contributed by atoms with van der Waals surface area (Å²) in [5.41, 5.74) is 17.4. The lowest BCUT2D eigenvalue weighted by Crippen LogP contribution is -2.01. The summed E-state index contributed by atoms with van der Waals surface area (Å²) in [5, 5.41) is 0. The van der Waals surface area contributed by atoms with Crippen LogP contribution in [0.25, 0.3) is 89.8 Å². The van der Waals surface area contributed by atoms with Crippen molar-refractivity contribution in [3.8, 4) is 89.8 Å². The molecule has 3 heteroatoms. The van der Waals surface area contributed by atoms with Crippen molar-refractivity contribution >= 4 is 0 Å². The summed E-state index contributed by atoms with van der Waals surface area (Å²) >= 11 is 0. The summed E-state index contributed by atoms with van der Waals surface area (Å²) in [5.74, 6) is 1.90. The van der Waals surface area contributed by atoms with Crippen molar-refractivity contribution in [3.05, 3.63) is 211 Å². The molecular formula is C53H39N3. The molecule has 0 radical (unpaired) electrons. The van der Waals surface area contributed by atoms with Crippen molar-refractivity contribution in [1.29, 1.82) is 0 Å². The Hall–Kier alpha value is -7.23. The molecule has 1 heterocycles. The highest BCUT2D eigenvalue weighted by Gasteiger charge is 2.22. The lowest BCUT2D eigenvalue weighted by Gasteiger charge is -2.15. The second kappa shape index (κ2) is 14.9. The molecule has 1 aliphatic carbocycles. The number of hydrogen-bond acceptors (Lipinski definition) is 3. The van der Waals surface area contributed by atoms with E-state index in [0.29, 0.717) is 17.5 Å². The molecule has 266 valence electrons. The number of rotatable bonds is 7. The zero-order valence-electron chi connectivity index (χ0n) is 30.1. The first kappa shape index (κ1) is 34.5. The first-order valence-corrected chi connectivity index (χ1v) is 18.7. The van der Waals surface area contributed by atoms with Gasteiger partial charge in [0.2, 0.25) is 0 Å². The second-order valence-corrected chi connectivity index (χ2v) is 14.0. The van der Waals surface area contributed by atoms with Gasteiger partial charge in [0, 0.05) is 16.7 Å². The molecule has 0 unspecified atom stereocenters. The lowest BCUT2D eigenvalue weighted by atomic mass is 9.91. The maximum absolute atomic E-state index is 5.22. The van der Waals surface area contributed by atoms with Gasteiger partial charge in [-0.15, -0.1) is 0 Å². The van der Waals surface area contributed by atoms with Gasteiger partial charge in [-0.2, -0.15) is 0 Å². The zero-order valence-corrected chi connectivity index (χ0v) is 30.1. The molecular weight excluding hydrogens is 679 g/mol. The van der Waals surface area contributed by atoms with E-state index in [-0.39, 0.29) is 7.43 Å². The highest BCUT2D eigenvalue weighted by Crippen LogP contribution is 2.43. The van der Waals surface area contributed by atoms with Crippen LogP contribution in [-0.4, -0.2) is 15.0 Å². The van der Waals surface area contributed by atoms with Crippen LogP contribution in [0.3, 0.4) is 0 Å². The molecule has 0 bridgehead atoms. The van der Waals surface area contributed by atoms with Crippen molar-refractivity contribution in [3.63, 3.8) is 0 Å². The van der Waals surface area contributed by atoms with E-state index in [1.165, 1.54) is 38.9 Å². The average Bonchev–Trinajstić information content (AvgIpc) is 3.66. The predicted molar refractivity (Wildman–Crippen MR) is 233 cm³/mol. The summed E-state index contributed by atoms with van der Waals surface area (Å²) in [6.45, 7) is 0. The van der Waals surface area contributed by atoms with Crippen LogP contribution < -0.4 is 0 Å². The Labute approximate surface area is 328 Å². The largest absolute Gasteiger partial charge is 0.208 e. The summed E-state index contributed by atoms with van der Waals surface area (Å²) in [6, 6.07) is 70.7. The summed E-state index contributed by atoms with van der Waals surface area (Å²) < 4.78 is 0. The van der Waals surface area contributed by atoms with Crippen LogP contribution in [0.5, 0.6) is 0 Å². The monoisotopic (exact) mass is 717 g/mol. The number of benzene rings is 8. The summed E-state index contributed by atoms with van der Waals surface area (Å²) in [6.07, 6.45) is 0.907. The molecule has 0 saturated heterocycles. The van der Waals surface area contributed by atoms with Crippen LogP contribution >= 0.6 is 0 Å². The first-order chi connectivity index (χ1) is 27.2. The Kier molecular flexibility index (Phi) is 9.18. The highest BCUT2D eigenvalue weighted by atomic mass is 15.0. The van der Waals surface area contributed by atoms with Crippen LogP contribution in [0.4, 0.5) is 0 Å². The summed E-state index contributed by atoms with van der Waals surface area (Å²) in [7, 11) is 0. The van der Waals surface area contributed by atoms with Crippen LogP contribution in [0.1, 0.15) is 18.6 Å². The normalized spacial score (nSPS) is 11.4. The maximum Gasteiger partial charge on any atom is 0.164 e. The minimum atomic E-state index is 0. The van der Waals surface area contributed by atoms with Crippen molar-refractivity contribution in [1.82, 2.24) is 15.0 Å². The molecule has 10 rings (SSSR count). The van der Waals surface area contributed by atoms with Gasteiger partial charge in [-0.25, -0.2) is 15.0 Å². The third-order valence-electron chi connectivity index (χ3n) is 10.6. The van der Waals surface area contributed by atoms with E-state index in [2.05, 4.69) is 188 Å². The quantitative estimate of drug-likeness (QED) is 0.165. The lowest BCUT2D eigenvalue weighted by molar-refractivity contribution is 1.07. The van der Waals surface area contributed by atoms with Gasteiger partial charge in [0.1, 0.15) is 0 Å². The molecule has 0 saturated carbocycles. The zero-order chi connectivity index (χ0) is 36.6. The van der Waals surface area contributed by atoms with Crippen molar-refractivity contribution in [2.45, 2.75) is 13.8 Å². The fraction of sp³-hybridized carbons (Fsp3) is 0.0377. The van der Waals surface area contributed by atoms with Crippen LogP contribution in [0.2, 0.25) is 0 Å². The van der Waals surface area contributed by atoms with E-state index in [1.54, 1.807) is 0 Å². The van der Waals surface area contributed by atoms with Gasteiger partial charge in [0.15, 0.2) is 17.5 Å². The van der Waals surface area contributed by atoms with Gasteiger partial charge in [-0.05, 0) is 91.4 Å². The molecule has 56 heavy (non-hydrogen) atoms. The number of hydrogen-bond donors (Lipinski definition) is 0. The van der Waals surface area contributed by atoms with Crippen LogP contribution in [0, 0.1) is 0 Å². The summed E-state index contributed by atoms with van der Waals surface area (Å²) in [4.78, 5) is 15.6. The smallest absolute Gasteiger partial charge is 0.164 e. The second-order valence-electron chi connectivity index (χ2n) is 14.0. The van der Waals surface area contributed by atoms with Gasteiger partial charge in [-0.3, -0.25) is 0 Å². The van der Waals surface area contributed by atoms with E-state index in [4.69, 9.17) is 15.0 Å². The minimum absolute atomic E-state index is 0. The Morgan fingerprint density at radius 3 is 1.20 bits per heavy atom. The Bertz CT molecular complexity index is 2690. The highest BCUT2D eigenvalue weighted by molar-refractivity contribution is 5.88. The van der Waals surface area contributed by atoms with Crippen LogP contribution in [0.15, 0.2) is 200 Å². The standard InChI is InChI=1S/C52H35N3.CH4/c1-4-13-35(14-5-1)38-23-27-40(28-24-38)50-53-51(41-29-25-39(26-30-41)36-15-6-2-7-16-36)55-52(54-50)45-32-43(37-17-8-3-9-18-37)31-44(33-45)47-21-12-22-48-46-20-11-10-19-42(46)34-49(47)48;/h1-33H,34H2;1H4. The SMILES string of the molecule is C.c1ccc(-c2ccc(-c3nc(-c4ccc(-c5ccccc5)cc4)nc(-c4cc(-c5ccccc5)cc(-c5cccc6c5Cc5ccccc5-6)c4)n3)cc2)cc1. The minimum Gasteiger partial charge on any atom is -0.208 e. The van der Waals surface area contributed by atoms with Crippen molar-refractivity contribution in [2.75, 3.05) is 0 Å². The fourth-order valence-corrected chi connectivity index (χ4v) is 7.79. The molecule has 0 atom stereocenters. The van der Waals surface area contributed by atoms with Gasteiger partial charge >= 0.3 is 0 Å². The fourth-order valence-electron chi connectivity index (χ4n) is 7.79. The Morgan fingerprint density at radius 1 is 0.268 bits per heavy atom. The van der Waals surface area contributed by atoms with E-state index < -0.39 is 0 Å². The van der Waals surface area contributed by atoms with E-state index >= 15 is 0 Å². The Morgan fingerprint density at radius 2 is 0.643 bits per heavy atom. The van der Waals surface area contributed by atoms with Gasteiger partial charge in [0.05, 0.1) is 0 Å². The van der Waals surface area contributed by atoms with Gasteiger partial charge in [-0.1, -0.05) is 189 Å². The molecule has 3 nitrogen and oxygen atoms in total. The van der Waals surface area contributed by atoms with E-state index in [1.807, 2.05) is 12.1 Å². The number of fused-ring (bicyclic) bond motifs is 3. The van der Waals surface area contributed by atoms with Crippen molar-refractivity contribution < 1.29 is 0 Å². The molecule has 0 fully saturated rings. The first-order valence-electron chi connectivity index (χ1n) is 18.7. The molecule has 9 aromatic rings. The third kappa shape index (κ3) is 6.61. The maximum atomic E-state index is 5.22. The van der Waals surface area contributed by atoms with Gasteiger partial charge < -0.3 is 0 Å². The Balaban J connectivity index is 0.00000410. The molecule has 0 amide bonds. The number of nitrogens with zero attached hydrogens (tertiary/aromatic N) is 3. The van der Waals surface area contributed by atoms with Gasteiger partial charge in [0.25, 0.3) is 0 Å². The topological polar surface area (TPSA) is 38.7 Å². The third-order valence-corrected chi connectivity index (χ3v) is 10.6. The predicted octanol–water partition coefficient (Wildman–Crippen LogP) is 13.7. The molecule has 1 aromatic heterocycles. The number of aromatic nitrogens is 3. The van der Waals surface area contributed by atoms with E-state index in [9.17, 15) is 0 Å².